The van der Waals surface area contributed by atoms with Crippen molar-refractivity contribution in [2.45, 2.75) is 38.5 Å². The van der Waals surface area contributed by atoms with E-state index in [4.69, 9.17) is 0 Å². The zero-order valence-electron chi connectivity index (χ0n) is 18.2. The minimum Gasteiger partial charge on any atom is -0.390 e. The maximum atomic E-state index is 13.9. The summed E-state index contributed by atoms with van der Waals surface area (Å²) < 4.78 is 13.9. The van der Waals surface area contributed by atoms with Crippen molar-refractivity contribution in [3.05, 3.63) is 36.3 Å². The number of fused-ring (bicyclic) bond motifs is 1. The van der Waals surface area contributed by atoms with Crippen LogP contribution in [0.2, 0.25) is 0 Å². The van der Waals surface area contributed by atoms with Crippen LogP contribution in [0.4, 0.5) is 27.8 Å². The lowest BCUT2D eigenvalue weighted by molar-refractivity contribution is 0.0612. The Morgan fingerprint density at radius 2 is 1.97 bits per heavy atom. The summed E-state index contributed by atoms with van der Waals surface area (Å²) in [4.78, 5) is 21.7. The first-order valence-electron chi connectivity index (χ1n) is 10.5. The number of nitrogens with zero attached hydrogens (tertiary/aromatic N) is 6. The number of alkyl halides is 1. The zero-order chi connectivity index (χ0) is 22.1. The first kappa shape index (κ1) is 21.2. The SMILES string of the molecule is CC(C)c1cnc(N(C)C)c2cnc(Nc3ccnc(N4CC[C@@H](O)[C@@H](F)C4)n3)cc12. The van der Waals surface area contributed by atoms with Crippen molar-refractivity contribution < 1.29 is 9.50 Å². The molecule has 9 heteroatoms. The third kappa shape index (κ3) is 4.36. The first-order chi connectivity index (χ1) is 14.8. The number of piperidine rings is 1. The summed E-state index contributed by atoms with van der Waals surface area (Å²) in [5, 5.41) is 14.9. The molecule has 4 rings (SSSR count). The number of aliphatic hydroxyl groups excluding tert-OH is 1. The van der Waals surface area contributed by atoms with E-state index in [1.807, 2.05) is 37.5 Å². The smallest absolute Gasteiger partial charge is 0.227 e. The highest BCUT2D eigenvalue weighted by atomic mass is 19.1. The number of halogens is 1. The van der Waals surface area contributed by atoms with Gasteiger partial charge in [-0.3, -0.25) is 0 Å². The van der Waals surface area contributed by atoms with E-state index in [9.17, 15) is 9.50 Å². The summed E-state index contributed by atoms with van der Waals surface area (Å²) >= 11 is 0. The van der Waals surface area contributed by atoms with Gasteiger partial charge in [0.1, 0.15) is 23.6 Å². The molecule has 3 aromatic heterocycles. The maximum Gasteiger partial charge on any atom is 0.227 e. The van der Waals surface area contributed by atoms with Crippen LogP contribution in [0.3, 0.4) is 0 Å². The fraction of sp³-hybridized carbons (Fsp3) is 0.455. The molecule has 2 N–H and O–H groups in total. The molecule has 4 heterocycles. The van der Waals surface area contributed by atoms with E-state index in [0.717, 1.165) is 22.2 Å². The molecule has 2 atom stereocenters. The normalized spacial score (nSPS) is 19.1. The Morgan fingerprint density at radius 1 is 1.16 bits per heavy atom. The number of hydrogen-bond acceptors (Lipinski definition) is 8. The lowest BCUT2D eigenvalue weighted by atomic mass is 9.99. The van der Waals surface area contributed by atoms with Gasteiger partial charge >= 0.3 is 0 Å². The van der Waals surface area contributed by atoms with Crippen LogP contribution < -0.4 is 15.1 Å². The van der Waals surface area contributed by atoms with Gasteiger partial charge in [0.25, 0.3) is 0 Å². The average Bonchev–Trinajstić information content (AvgIpc) is 2.74. The number of rotatable bonds is 5. The van der Waals surface area contributed by atoms with Crippen LogP contribution in [0.15, 0.2) is 30.7 Å². The third-order valence-corrected chi connectivity index (χ3v) is 5.52. The van der Waals surface area contributed by atoms with Crippen LogP contribution in [0.1, 0.15) is 31.7 Å². The topological polar surface area (TPSA) is 90.3 Å². The van der Waals surface area contributed by atoms with E-state index in [2.05, 4.69) is 39.1 Å². The largest absolute Gasteiger partial charge is 0.390 e. The number of pyridine rings is 2. The standard InChI is InChI=1S/C22H28FN7O/c1-13(2)15-10-26-21(29(3)4)16-11-25-20(9-14(15)16)27-19-5-7-24-22(28-19)30-8-6-18(31)17(23)12-30/h5,7,9-11,13,17-18,31H,6,8,12H2,1-4H3,(H,24,25,27,28)/t17-,18+/m0/s1. The Labute approximate surface area is 181 Å². The lowest BCUT2D eigenvalue weighted by Crippen LogP contribution is -2.45. The second-order valence-corrected chi connectivity index (χ2v) is 8.39. The molecule has 0 radical (unpaired) electrons. The van der Waals surface area contributed by atoms with Gasteiger partial charge in [0, 0.05) is 44.6 Å². The molecule has 164 valence electrons. The monoisotopic (exact) mass is 425 g/mol. The average molecular weight is 426 g/mol. The summed E-state index contributed by atoms with van der Waals surface area (Å²) in [6.45, 7) is 4.88. The molecule has 8 nitrogen and oxygen atoms in total. The lowest BCUT2D eigenvalue weighted by Gasteiger charge is -2.32. The van der Waals surface area contributed by atoms with E-state index in [1.165, 1.54) is 0 Å². The van der Waals surface area contributed by atoms with Gasteiger partial charge in [-0.25, -0.2) is 19.3 Å². The van der Waals surface area contributed by atoms with Crippen molar-refractivity contribution in [1.29, 1.82) is 0 Å². The number of aromatic nitrogens is 4. The third-order valence-electron chi connectivity index (χ3n) is 5.52. The van der Waals surface area contributed by atoms with Gasteiger partial charge in [0.15, 0.2) is 0 Å². The molecular weight excluding hydrogens is 397 g/mol. The molecule has 0 spiro atoms. The molecule has 1 fully saturated rings. The van der Waals surface area contributed by atoms with Crippen LogP contribution in [0, 0.1) is 0 Å². The minimum atomic E-state index is -1.30. The van der Waals surface area contributed by atoms with Crippen molar-refractivity contribution in [3.63, 3.8) is 0 Å². The molecule has 0 amide bonds. The van der Waals surface area contributed by atoms with E-state index in [1.54, 1.807) is 17.2 Å². The Hall–Kier alpha value is -3.07. The fourth-order valence-electron chi connectivity index (χ4n) is 3.80. The van der Waals surface area contributed by atoms with Gasteiger partial charge in [0.2, 0.25) is 5.95 Å². The molecule has 0 aliphatic carbocycles. The van der Waals surface area contributed by atoms with Gasteiger partial charge in [0.05, 0.1) is 12.6 Å². The second-order valence-electron chi connectivity index (χ2n) is 8.39. The van der Waals surface area contributed by atoms with Crippen molar-refractivity contribution in [2.75, 3.05) is 42.3 Å². The van der Waals surface area contributed by atoms with E-state index >= 15 is 0 Å². The van der Waals surface area contributed by atoms with E-state index < -0.39 is 12.3 Å². The summed E-state index contributed by atoms with van der Waals surface area (Å²) in [5.74, 6) is 2.85. The molecular formula is C22H28FN7O. The Morgan fingerprint density at radius 3 is 2.68 bits per heavy atom. The van der Waals surface area contributed by atoms with Crippen LogP contribution in [-0.2, 0) is 0 Å². The highest BCUT2D eigenvalue weighted by Crippen LogP contribution is 2.32. The van der Waals surface area contributed by atoms with Gasteiger partial charge in [-0.2, -0.15) is 4.98 Å². The van der Waals surface area contributed by atoms with E-state index in [0.29, 0.717) is 36.5 Å². The summed E-state index contributed by atoms with van der Waals surface area (Å²) in [6.07, 6.45) is 3.52. The molecule has 31 heavy (non-hydrogen) atoms. The van der Waals surface area contributed by atoms with Crippen LogP contribution in [0.25, 0.3) is 10.8 Å². The van der Waals surface area contributed by atoms with Gasteiger partial charge in [-0.15, -0.1) is 0 Å². The maximum absolute atomic E-state index is 13.9. The quantitative estimate of drug-likeness (QED) is 0.644. The van der Waals surface area contributed by atoms with Gasteiger partial charge in [-0.1, -0.05) is 13.8 Å². The summed E-state index contributed by atoms with van der Waals surface area (Å²) in [7, 11) is 3.93. The molecule has 1 saturated heterocycles. The van der Waals surface area contributed by atoms with Crippen LogP contribution >= 0.6 is 0 Å². The molecule has 0 saturated carbocycles. The summed E-state index contributed by atoms with van der Waals surface area (Å²) in [6, 6.07) is 3.76. The second kappa shape index (κ2) is 8.58. The van der Waals surface area contributed by atoms with Crippen LogP contribution in [-0.4, -0.2) is 64.5 Å². The molecule has 1 aliphatic heterocycles. The first-order valence-corrected chi connectivity index (χ1v) is 10.5. The molecule has 3 aromatic rings. The highest BCUT2D eigenvalue weighted by molar-refractivity contribution is 5.95. The minimum absolute atomic E-state index is 0.0803. The summed E-state index contributed by atoms with van der Waals surface area (Å²) in [5.41, 5.74) is 1.15. The Kier molecular flexibility index (Phi) is 5.86. The molecule has 0 bridgehead atoms. The molecule has 0 unspecified atom stereocenters. The number of hydrogen-bond donors (Lipinski definition) is 2. The molecule has 0 aromatic carbocycles. The van der Waals surface area contributed by atoms with Gasteiger partial charge in [-0.05, 0) is 35.4 Å². The van der Waals surface area contributed by atoms with Crippen molar-refractivity contribution in [1.82, 2.24) is 19.9 Å². The van der Waals surface area contributed by atoms with Crippen LogP contribution in [0.5, 0.6) is 0 Å². The zero-order valence-corrected chi connectivity index (χ0v) is 18.2. The predicted octanol–water partition coefficient (Wildman–Crippen LogP) is 3.26. The molecule has 1 aliphatic rings. The number of nitrogens with one attached hydrogen (secondary N) is 1. The van der Waals surface area contributed by atoms with Crippen molar-refractivity contribution >= 4 is 34.2 Å². The highest BCUT2D eigenvalue weighted by Gasteiger charge is 2.28. The Bertz CT molecular complexity index is 1070. The van der Waals surface area contributed by atoms with E-state index in [-0.39, 0.29) is 6.54 Å². The van der Waals surface area contributed by atoms with Crippen molar-refractivity contribution in [2.24, 2.45) is 0 Å². The number of anilines is 4. The van der Waals surface area contributed by atoms with Gasteiger partial charge < -0.3 is 20.2 Å². The Balaban J connectivity index is 1.64. The van der Waals surface area contributed by atoms with Crippen molar-refractivity contribution in [3.8, 4) is 0 Å². The fourth-order valence-corrected chi connectivity index (χ4v) is 3.80. The predicted molar refractivity (Wildman–Crippen MR) is 121 cm³/mol. The number of aliphatic hydroxyl groups is 1.